The van der Waals surface area contributed by atoms with Crippen LogP contribution in [0.2, 0.25) is 0 Å². The van der Waals surface area contributed by atoms with Gasteiger partial charge in [-0.2, -0.15) is 0 Å². The third-order valence-corrected chi connectivity index (χ3v) is 5.92. The summed E-state index contributed by atoms with van der Waals surface area (Å²) in [4.78, 5) is 16.4. The molecule has 2 aromatic carbocycles. The summed E-state index contributed by atoms with van der Waals surface area (Å²) in [5.74, 6) is 1.53. The molecule has 1 N–H and O–H groups in total. The van der Waals surface area contributed by atoms with Gasteiger partial charge < -0.3 is 14.2 Å². The van der Waals surface area contributed by atoms with Gasteiger partial charge in [0.2, 0.25) is 0 Å². The average Bonchev–Trinajstić information content (AvgIpc) is 3.54. The Morgan fingerprint density at radius 1 is 1.06 bits per heavy atom. The molecule has 4 rings (SSSR count). The van der Waals surface area contributed by atoms with Crippen molar-refractivity contribution in [3.63, 3.8) is 0 Å². The second kappa shape index (κ2) is 9.92. The summed E-state index contributed by atoms with van der Waals surface area (Å²) < 4.78 is 19.9. The largest absolute Gasteiger partial charge is 0.464 e. The maximum absolute atomic E-state index is 14.2. The first kappa shape index (κ1) is 21.3. The van der Waals surface area contributed by atoms with Crippen molar-refractivity contribution in [1.29, 1.82) is 0 Å². The lowest BCUT2D eigenvalue weighted by atomic mass is 10.1. The lowest BCUT2D eigenvalue weighted by Crippen LogP contribution is -3.13. The molecule has 1 saturated carbocycles. The number of amides is 1. The normalized spacial score (nSPS) is 14.4. The highest BCUT2D eigenvalue weighted by molar-refractivity contribution is 5.77. The van der Waals surface area contributed by atoms with Crippen molar-refractivity contribution in [2.75, 3.05) is 13.1 Å². The van der Waals surface area contributed by atoms with Gasteiger partial charge in [-0.05, 0) is 37.1 Å². The summed E-state index contributed by atoms with van der Waals surface area (Å²) in [6, 6.07) is 21.4. The molecule has 31 heavy (non-hydrogen) atoms. The predicted molar refractivity (Wildman–Crippen MR) is 118 cm³/mol. The first-order chi connectivity index (χ1) is 15.1. The van der Waals surface area contributed by atoms with E-state index in [1.54, 1.807) is 6.07 Å². The zero-order valence-corrected chi connectivity index (χ0v) is 18.0. The van der Waals surface area contributed by atoms with Gasteiger partial charge >= 0.3 is 0 Å². The highest BCUT2D eigenvalue weighted by Gasteiger charge is 2.36. The maximum Gasteiger partial charge on any atom is 0.278 e. The van der Waals surface area contributed by atoms with Gasteiger partial charge in [0, 0.05) is 24.9 Å². The molecule has 1 heterocycles. The molecular formula is C26H30FN2O2+. The molecule has 3 aromatic rings. The van der Waals surface area contributed by atoms with Crippen LogP contribution in [0, 0.1) is 12.7 Å². The third-order valence-electron chi connectivity index (χ3n) is 5.92. The lowest BCUT2D eigenvalue weighted by Gasteiger charge is -2.25. The zero-order chi connectivity index (χ0) is 21.6. The van der Waals surface area contributed by atoms with Gasteiger partial charge in [-0.15, -0.1) is 0 Å². The Morgan fingerprint density at radius 2 is 1.81 bits per heavy atom. The number of rotatable bonds is 10. The molecule has 0 saturated heterocycles. The van der Waals surface area contributed by atoms with Crippen molar-refractivity contribution in [3.05, 3.63) is 95.2 Å². The summed E-state index contributed by atoms with van der Waals surface area (Å²) in [5, 5.41) is 0. The first-order valence-corrected chi connectivity index (χ1v) is 11.0. The molecule has 0 bridgehead atoms. The highest BCUT2D eigenvalue weighted by Crippen LogP contribution is 2.17. The second-order valence-corrected chi connectivity index (χ2v) is 8.44. The fourth-order valence-corrected chi connectivity index (χ4v) is 3.99. The number of furan rings is 1. The molecule has 0 spiro atoms. The molecule has 5 heteroatoms. The van der Waals surface area contributed by atoms with Crippen LogP contribution in [0.25, 0.3) is 0 Å². The van der Waals surface area contributed by atoms with E-state index in [1.807, 2.05) is 54.3 Å². The Balaban J connectivity index is 1.45. The van der Waals surface area contributed by atoms with Crippen molar-refractivity contribution in [1.82, 2.24) is 4.90 Å². The van der Waals surface area contributed by atoms with Crippen LogP contribution in [0.3, 0.4) is 0 Å². The Kier molecular flexibility index (Phi) is 6.82. The number of carbonyl (C=O) groups is 1. The molecular weight excluding hydrogens is 391 g/mol. The summed E-state index contributed by atoms with van der Waals surface area (Å²) in [5.41, 5.74) is 1.88. The summed E-state index contributed by atoms with van der Waals surface area (Å²) >= 11 is 0. The van der Waals surface area contributed by atoms with E-state index in [0.29, 0.717) is 37.8 Å². The molecule has 1 aliphatic carbocycles. The van der Waals surface area contributed by atoms with Gasteiger partial charge in [0.1, 0.15) is 23.9 Å². The molecule has 1 amide bonds. The molecule has 162 valence electrons. The second-order valence-electron chi connectivity index (χ2n) is 8.44. The van der Waals surface area contributed by atoms with Crippen molar-refractivity contribution < 1.29 is 18.5 Å². The van der Waals surface area contributed by atoms with E-state index >= 15 is 0 Å². The fourth-order valence-electron chi connectivity index (χ4n) is 3.99. The zero-order valence-electron chi connectivity index (χ0n) is 18.0. The molecule has 1 atom stereocenters. The molecule has 0 radical (unpaired) electrons. The number of nitrogens with one attached hydrogen (secondary N) is 1. The van der Waals surface area contributed by atoms with E-state index < -0.39 is 0 Å². The number of carbonyl (C=O) groups excluding carboxylic acids is 1. The molecule has 1 unspecified atom stereocenters. The Hall–Kier alpha value is -2.92. The topological polar surface area (TPSA) is 37.9 Å². The van der Waals surface area contributed by atoms with Crippen LogP contribution in [-0.4, -0.2) is 29.9 Å². The summed E-state index contributed by atoms with van der Waals surface area (Å²) in [7, 11) is 0. The van der Waals surface area contributed by atoms with Gasteiger partial charge in [0.15, 0.2) is 6.54 Å². The molecule has 0 aliphatic heterocycles. The lowest BCUT2D eigenvalue weighted by molar-refractivity contribution is -0.917. The van der Waals surface area contributed by atoms with Crippen LogP contribution in [0.5, 0.6) is 0 Å². The summed E-state index contributed by atoms with van der Waals surface area (Å²) in [6.07, 6.45) is 2.98. The van der Waals surface area contributed by atoms with Crippen molar-refractivity contribution in [2.24, 2.45) is 0 Å². The van der Waals surface area contributed by atoms with Gasteiger partial charge in [-0.25, -0.2) is 4.39 Å². The first-order valence-electron chi connectivity index (χ1n) is 11.0. The third kappa shape index (κ3) is 6.05. The number of hydrogen-bond donors (Lipinski definition) is 1. The van der Waals surface area contributed by atoms with E-state index in [1.165, 1.54) is 11.6 Å². The van der Waals surface area contributed by atoms with Crippen molar-refractivity contribution in [3.8, 4) is 0 Å². The van der Waals surface area contributed by atoms with Gasteiger partial charge in [-0.1, -0.05) is 48.5 Å². The minimum absolute atomic E-state index is 0.0863. The van der Waals surface area contributed by atoms with E-state index in [2.05, 4.69) is 12.1 Å². The van der Waals surface area contributed by atoms with Crippen LogP contribution >= 0.6 is 0 Å². The van der Waals surface area contributed by atoms with Crippen molar-refractivity contribution >= 4 is 5.91 Å². The monoisotopic (exact) mass is 421 g/mol. The Bertz CT molecular complexity index is 997. The number of halogens is 1. The average molecular weight is 422 g/mol. The van der Waals surface area contributed by atoms with Crippen molar-refractivity contribution in [2.45, 2.75) is 45.3 Å². The van der Waals surface area contributed by atoms with Gasteiger partial charge in [0.05, 0.1) is 12.6 Å². The molecule has 1 aliphatic rings. The number of benzene rings is 2. The van der Waals surface area contributed by atoms with Crippen LogP contribution < -0.4 is 4.90 Å². The summed E-state index contributed by atoms with van der Waals surface area (Å²) in [6.45, 7) is 3.90. The maximum atomic E-state index is 14.2. The van der Waals surface area contributed by atoms with E-state index in [-0.39, 0.29) is 11.7 Å². The van der Waals surface area contributed by atoms with E-state index in [4.69, 9.17) is 4.42 Å². The van der Waals surface area contributed by atoms with E-state index in [0.717, 1.165) is 35.7 Å². The number of aryl methyl sites for hydroxylation is 1. The highest BCUT2D eigenvalue weighted by atomic mass is 19.1. The van der Waals surface area contributed by atoms with Crippen LogP contribution in [-0.2, 0) is 24.3 Å². The quantitative estimate of drug-likeness (QED) is 0.544. The predicted octanol–water partition coefficient (Wildman–Crippen LogP) is 3.55. The van der Waals surface area contributed by atoms with Crippen LogP contribution in [0.1, 0.15) is 35.5 Å². The molecule has 4 nitrogen and oxygen atoms in total. The number of quaternary nitrogens is 1. The van der Waals surface area contributed by atoms with Gasteiger partial charge in [-0.3, -0.25) is 4.79 Å². The SMILES string of the molecule is Cc1ccc(CN(CCc2ccccc2)C(=O)C[NH+](Cc2ccccc2F)C2CC2)o1. The van der Waals surface area contributed by atoms with Gasteiger partial charge in [0.25, 0.3) is 5.91 Å². The van der Waals surface area contributed by atoms with Crippen LogP contribution in [0.15, 0.2) is 71.1 Å². The number of hydrogen-bond acceptors (Lipinski definition) is 2. The minimum atomic E-state index is -0.194. The molecule has 1 aromatic heterocycles. The fraction of sp³-hybridized carbons (Fsp3) is 0.346. The smallest absolute Gasteiger partial charge is 0.278 e. The standard InChI is InChI=1S/C26H29FN2O2/c1-20-11-14-24(31-20)18-28(16-15-21-7-3-2-4-8-21)26(30)19-29(23-12-13-23)17-22-9-5-6-10-25(22)27/h2-11,14,23H,12-13,15-19H2,1H3/p+1. The molecule has 1 fully saturated rings. The van der Waals surface area contributed by atoms with E-state index in [9.17, 15) is 9.18 Å². The Morgan fingerprint density at radius 3 is 2.48 bits per heavy atom. The minimum Gasteiger partial charge on any atom is -0.464 e. The number of nitrogens with zero attached hydrogens (tertiary/aromatic N) is 1. The Labute approximate surface area is 183 Å². The van der Waals surface area contributed by atoms with Crippen LogP contribution in [0.4, 0.5) is 4.39 Å².